The molecule has 0 radical (unpaired) electrons. The van der Waals surface area contributed by atoms with Crippen LogP contribution < -0.4 is 16.4 Å². The number of hydrogen-bond donors (Lipinski definition) is 3. The summed E-state index contributed by atoms with van der Waals surface area (Å²) in [5.41, 5.74) is 6.61. The van der Waals surface area contributed by atoms with Crippen molar-refractivity contribution in [2.45, 2.75) is 13.3 Å². The molecule has 0 spiro atoms. The lowest BCUT2D eigenvalue weighted by Crippen LogP contribution is -2.39. The van der Waals surface area contributed by atoms with Gasteiger partial charge in [-0.3, -0.25) is 10.3 Å². The van der Waals surface area contributed by atoms with Crippen molar-refractivity contribution in [1.82, 2.24) is 5.32 Å². The minimum Gasteiger partial charge on any atom is -0.370 e. The van der Waals surface area contributed by atoms with E-state index in [0.29, 0.717) is 17.8 Å². The molecule has 0 aliphatic rings. The maximum atomic E-state index is 11.5. The summed E-state index contributed by atoms with van der Waals surface area (Å²) in [7, 11) is 0. The Kier molecular flexibility index (Phi) is 7.73. The van der Waals surface area contributed by atoms with Crippen LogP contribution in [0.15, 0.2) is 29.3 Å². The molecule has 102 valence electrons. The molecule has 19 heavy (non-hydrogen) atoms. The van der Waals surface area contributed by atoms with E-state index in [4.69, 9.17) is 11.0 Å². The van der Waals surface area contributed by atoms with Gasteiger partial charge in [0.15, 0.2) is 5.96 Å². The van der Waals surface area contributed by atoms with Crippen LogP contribution in [-0.2, 0) is 0 Å². The van der Waals surface area contributed by atoms with Gasteiger partial charge in [-0.1, -0.05) is 6.92 Å². The summed E-state index contributed by atoms with van der Waals surface area (Å²) >= 11 is 0. The number of benzene rings is 1. The van der Waals surface area contributed by atoms with Crippen molar-refractivity contribution in [3.05, 3.63) is 29.8 Å². The monoisotopic (exact) mass is 281 g/mol. The molecular weight excluding hydrogens is 266 g/mol. The summed E-state index contributed by atoms with van der Waals surface area (Å²) in [5.74, 6) is 0.0861. The van der Waals surface area contributed by atoms with E-state index in [2.05, 4.69) is 15.6 Å². The molecule has 0 saturated carbocycles. The standard InChI is InChI=1S/C12H15N5O.ClH/c1-2-7-15-11(14)17-12(18)16-10-5-3-9(8-13)4-6-10;/h3-6H,2,7H2,1H3,(H4,14,15,16,17,18);1H. The number of amides is 2. The SMILES string of the molecule is CCCN=C(N)NC(=O)Nc1ccc(C#N)cc1.Cl. The van der Waals surface area contributed by atoms with Crippen LogP contribution in [-0.4, -0.2) is 18.5 Å². The highest BCUT2D eigenvalue weighted by molar-refractivity contribution is 6.01. The molecule has 6 nitrogen and oxygen atoms in total. The second-order valence-corrected chi connectivity index (χ2v) is 3.54. The third kappa shape index (κ3) is 6.29. The highest BCUT2D eigenvalue weighted by Gasteiger charge is 2.02. The number of carbonyl (C=O) groups is 1. The Morgan fingerprint density at radius 3 is 2.58 bits per heavy atom. The van der Waals surface area contributed by atoms with Crippen LogP contribution in [0.3, 0.4) is 0 Å². The van der Waals surface area contributed by atoms with Crippen molar-refractivity contribution in [2.75, 3.05) is 11.9 Å². The van der Waals surface area contributed by atoms with Gasteiger partial charge in [-0.2, -0.15) is 5.26 Å². The third-order valence-corrected chi connectivity index (χ3v) is 2.02. The summed E-state index contributed by atoms with van der Waals surface area (Å²) in [4.78, 5) is 15.4. The first-order chi connectivity index (χ1) is 8.65. The number of nitrogens with one attached hydrogen (secondary N) is 2. The van der Waals surface area contributed by atoms with Crippen molar-refractivity contribution in [3.8, 4) is 6.07 Å². The van der Waals surface area contributed by atoms with Gasteiger partial charge in [0, 0.05) is 12.2 Å². The number of nitrogens with two attached hydrogens (primary N) is 1. The Morgan fingerprint density at radius 2 is 2.05 bits per heavy atom. The van der Waals surface area contributed by atoms with Gasteiger partial charge in [0.2, 0.25) is 0 Å². The fourth-order valence-electron chi connectivity index (χ4n) is 1.18. The van der Waals surface area contributed by atoms with Gasteiger partial charge in [0.1, 0.15) is 0 Å². The number of anilines is 1. The average Bonchev–Trinajstić information content (AvgIpc) is 2.37. The predicted molar refractivity (Wildman–Crippen MR) is 77.3 cm³/mol. The molecule has 0 heterocycles. The normalized spacial score (nSPS) is 10.0. The largest absolute Gasteiger partial charge is 0.370 e. The second kappa shape index (κ2) is 8.78. The first-order valence-corrected chi connectivity index (χ1v) is 5.53. The zero-order valence-electron chi connectivity index (χ0n) is 10.5. The Labute approximate surface area is 118 Å². The van der Waals surface area contributed by atoms with E-state index in [1.165, 1.54) is 0 Å². The quantitative estimate of drug-likeness (QED) is 0.581. The van der Waals surface area contributed by atoms with Gasteiger partial charge < -0.3 is 11.1 Å². The number of guanidine groups is 1. The van der Waals surface area contributed by atoms with E-state index >= 15 is 0 Å². The Hall–Kier alpha value is -2.26. The first-order valence-electron chi connectivity index (χ1n) is 5.53. The molecule has 2 amide bonds. The second-order valence-electron chi connectivity index (χ2n) is 3.54. The zero-order chi connectivity index (χ0) is 13.4. The molecule has 0 aliphatic carbocycles. The Bertz CT molecular complexity index is 478. The lowest BCUT2D eigenvalue weighted by atomic mass is 10.2. The minimum atomic E-state index is -0.461. The molecule has 4 N–H and O–H groups in total. The fraction of sp³-hybridized carbons (Fsp3) is 0.250. The van der Waals surface area contributed by atoms with Crippen molar-refractivity contribution in [1.29, 1.82) is 5.26 Å². The van der Waals surface area contributed by atoms with Crippen LogP contribution in [0.1, 0.15) is 18.9 Å². The number of carbonyl (C=O) groups excluding carboxylic acids is 1. The first kappa shape index (κ1) is 16.7. The number of nitriles is 1. The number of hydrogen-bond acceptors (Lipinski definition) is 3. The Balaban J connectivity index is 0.00000324. The molecule has 0 unspecified atom stereocenters. The number of rotatable bonds is 3. The highest BCUT2D eigenvalue weighted by atomic mass is 35.5. The van der Waals surface area contributed by atoms with Crippen LogP contribution in [0.5, 0.6) is 0 Å². The maximum Gasteiger partial charge on any atom is 0.325 e. The lowest BCUT2D eigenvalue weighted by molar-refractivity contribution is 0.256. The van der Waals surface area contributed by atoms with E-state index in [-0.39, 0.29) is 18.4 Å². The van der Waals surface area contributed by atoms with Crippen LogP contribution >= 0.6 is 12.4 Å². The highest BCUT2D eigenvalue weighted by Crippen LogP contribution is 2.08. The number of aliphatic imine (C=N–C) groups is 1. The zero-order valence-corrected chi connectivity index (χ0v) is 11.3. The predicted octanol–water partition coefficient (Wildman–Crippen LogP) is 1.83. The average molecular weight is 282 g/mol. The van der Waals surface area contributed by atoms with E-state index in [9.17, 15) is 4.79 Å². The molecule has 1 aromatic carbocycles. The molecule has 0 saturated heterocycles. The van der Waals surface area contributed by atoms with Gasteiger partial charge >= 0.3 is 6.03 Å². The summed E-state index contributed by atoms with van der Waals surface area (Å²) in [6.45, 7) is 2.54. The van der Waals surface area contributed by atoms with Crippen LogP contribution in [0.25, 0.3) is 0 Å². The van der Waals surface area contributed by atoms with Gasteiger partial charge in [-0.25, -0.2) is 4.79 Å². The topological polar surface area (TPSA) is 103 Å². The van der Waals surface area contributed by atoms with Crippen molar-refractivity contribution in [2.24, 2.45) is 10.7 Å². The molecule has 0 aromatic heterocycles. The molecule has 0 aliphatic heterocycles. The lowest BCUT2D eigenvalue weighted by Gasteiger charge is -2.06. The van der Waals surface area contributed by atoms with Gasteiger partial charge in [0.25, 0.3) is 0 Å². The van der Waals surface area contributed by atoms with Gasteiger partial charge in [-0.15, -0.1) is 12.4 Å². The number of urea groups is 1. The molecule has 0 bridgehead atoms. The summed E-state index contributed by atoms with van der Waals surface area (Å²) < 4.78 is 0. The number of halogens is 1. The van der Waals surface area contributed by atoms with Gasteiger partial charge in [0.05, 0.1) is 11.6 Å². The summed E-state index contributed by atoms with van der Waals surface area (Å²) in [5, 5.41) is 13.6. The molecule has 1 aromatic rings. The summed E-state index contributed by atoms with van der Waals surface area (Å²) in [6, 6.07) is 8.04. The van der Waals surface area contributed by atoms with E-state index < -0.39 is 6.03 Å². The van der Waals surface area contributed by atoms with Crippen LogP contribution in [0, 0.1) is 11.3 Å². The third-order valence-electron chi connectivity index (χ3n) is 2.02. The number of nitrogens with zero attached hydrogens (tertiary/aromatic N) is 2. The van der Waals surface area contributed by atoms with E-state index in [1.807, 2.05) is 13.0 Å². The van der Waals surface area contributed by atoms with Crippen LogP contribution in [0.2, 0.25) is 0 Å². The fourth-order valence-corrected chi connectivity index (χ4v) is 1.18. The Morgan fingerprint density at radius 1 is 1.42 bits per heavy atom. The molecule has 7 heteroatoms. The van der Waals surface area contributed by atoms with Gasteiger partial charge in [-0.05, 0) is 30.7 Å². The van der Waals surface area contributed by atoms with Crippen molar-refractivity contribution < 1.29 is 4.79 Å². The van der Waals surface area contributed by atoms with E-state index in [0.717, 1.165) is 6.42 Å². The smallest absolute Gasteiger partial charge is 0.325 e. The van der Waals surface area contributed by atoms with Crippen molar-refractivity contribution >= 4 is 30.1 Å². The molecule has 0 fully saturated rings. The molecular formula is C12H16ClN5O. The van der Waals surface area contributed by atoms with Crippen LogP contribution in [0.4, 0.5) is 10.5 Å². The molecule has 1 rings (SSSR count). The molecule has 0 atom stereocenters. The van der Waals surface area contributed by atoms with Crippen molar-refractivity contribution in [3.63, 3.8) is 0 Å². The van der Waals surface area contributed by atoms with E-state index in [1.54, 1.807) is 24.3 Å². The minimum absolute atomic E-state index is 0. The maximum absolute atomic E-state index is 11.5. The summed E-state index contributed by atoms with van der Waals surface area (Å²) in [6.07, 6.45) is 0.861.